The first-order valence-corrected chi connectivity index (χ1v) is 7.31. The van der Waals surface area contributed by atoms with E-state index in [2.05, 4.69) is 46.4 Å². The van der Waals surface area contributed by atoms with Crippen LogP contribution in [0.2, 0.25) is 0 Å². The summed E-state index contributed by atoms with van der Waals surface area (Å²) in [6.45, 7) is 2.17. The van der Waals surface area contributed by atoms with E-state index in [9.17, 15) is 0 Å². The molecule has 0 amide bonds. The first-order valence-electron chi connectivity index (χ1n) is 6.43. The van der Waals surface area contributed by atoms with Crippen LogP contribution in [0.3, 0.4) is 0 Å². The molecule has 1 aromatic carbocycles. The lowest BCUT2D eigenvalue weighted by Crippen LogP contribution is -2.22. The quantitative estimate of drug-likeness (QED) is 0.748. The van der Waals surface area contributed by atoms with E-state index in [-0.39, 0.29) is 6.04 Å². The molecule has 4 nitrogen and oxygen atoms in total. The Hall–Kier alpha value is -2.14. The zero-order chi connectivity index (χ0) is 14.1. The first-order chi connectivity index (χ1) is 9.66. The van der Waals surface area contributed by atoms with Crippen LogP contribution in [0.1, 0.15) is 17.8 Å². The Morgan fingerprint density at radius 1 is 1.25 bits per heavy atom. The van der Waals surface area contributed by atoms with E-state index in [0.717, 1.165) is 22.4 Å². The fourth-order valence-electron chi connectivity index (χ4n) is 2.24. The molecule has 20 heavy (non-hydrogen) atoms. The summed E-state index contributed by atoms with van der Waals surface area (Å²) >= 11 is 1.75. The maximum absolute atomic E-state index is 5.89. The van der Waals surface area contributed by atoms with E-state index in [1.165, 1.54) is 4.88 Å². The summed E-state index contributed by atoms with van der Waals surface area (Å²) in [7, 11) is 2.05. The molecular weight excluding hydrogens is 268 g/mol. The second-order valence-corrected chi connectivity index (χ2v) is 5.76. The molecule has 2 aromatic heterocycles. The van der Waals surface area contributed by atoms with E-state index in [4.69, 9.17) is 5.73 Å². The van der Waals surface area contributed by atoms with Gasteiger partial charge in [0.2, 0.25) is 0 Å². The number of anilines is 2. The van der Waals surface area contributed by atoms with Crippen LogP contribution in [0, 0.1) is 0 Å². The monoisotopic (exact) mass is 284 g/mol. The van der Waals surface area contributed by atoms with Gasteiger partial charge in [0.1, 0.15) is 12.1 Å². The normalized spacial score (nSPS) is 12.5. The molecule has 0 saturated heterocycles. The summed E-state index contributed by atoms with van der Waals surface area (Å²) in [5, 5.41) is 3.08. The minimum absolute atomic E-state index is 0.259. The largest absolute Gasteiger partial charge is 0.399 e. The van der Waals surface area contributed by atoms with Crippen molar-refractivity contribution < 1.29 is 0 Å². The van der Waals surface area contributed by atoms with Crippen LogP contribution >= 0.6 is 11.3 Å². The van der Waals surface area contributed by atoms with Gasteiger partial charge < -0.3 is 10.6 Å². The average molecular weight is 284 g/mol. The number of thiophene rings is 1. The van der Waals surface area contributed by atoms with E-state index in [1.807, 2.05) is 18.2 Å². The van der Waals surface area contributed by atoms with Gasteiger partial charge in [-0.1, -0.05) is 6.07 Å². The van der Waals surface area contributed by atoms with Crippen molar-refractivity contribution in [2.45, 2.75) is 13.0 Å². The van der Waals surface area contributed by atoms with Gasteiger partial charge in [0.15, 0.2) is 0 Å². The predicted octanol–water partition coefficient (Wildman–Crippen LogP) is 3.47. The average Bonchev–Trinajstić information content (AvgIpc) is 2.99. The molecular formula is C15H16N4S. The first kappa shape index (κ1) is 12.9. The standard InChI is InChI=1S/C15H16N4S/c1-10(14-4-3-7-20-14)19(2)15-12-8-11(16)5-6-13(12)17-9-18-15/h3-10H,16H2,1-2H3. The lowest BCUT2D eigenvalue weighted by Gasteiger charge is -2.26. The van der Waals surface area contributed by atoms with Crippen molar-refractivity contribution in [3.63, 3.8) is 0 Å². The summed E-state index contributed by atoms with van der Waals surface area (Å²) in [4.78, 5) is 12.2. The maximum Gasteiger partial charge on any atom is 0.140 e. The van der Waals surface area contributed by atoms with Crippen molar-refractivity contribution in [1.82, 2.24) is 9.97 Å². The van der Waals surface area contributed by atoms with Gasteiger partial charge in [-0.15, -0.1) is 11.3 Å². The third-order valence-electron chi connectivity index (χ3n) is 3.51. The van der Waals surface area contributed by atoms with Gasteiger partial charge in [-0.05, 0) is 36.6 Å². The zero-order valence-electron chi connectivity index (χ0n) is 11.4. The molecule has 0 radical (unpaired) electrons. The molecule has 3 aromatic rings. The van der Waals surface area contributed by atoms with Gasteiger partial charge in [0, 0.05) is 23.0 Å². The lowest BCUT2D eigenvalue weighted by atomic mass is 10.2. The Balaban J connectivity index is 2.07. The second-order valence-electron chi connectivity index (χ2n) is 4.78. The highest BCUT2D eigenvalue weighted by Gasteiger charge is 2.16. The summed E-state index contributed by atoms with van der Waals surface area (Å²) < 4.78 is 0. The minimum Gasteiger partial charge on any atom is -0.399 e. The van der Waals surface area contributed by atoms with Gasteiger partial charge >= 0.3 is 0 Å². The lowest BCUT2D eigenvalue weighted by molar-refractivity contribution is 0.744. The third-order valence-corrected chi connectivity index (χ3v) is 4.55. The fourth-order valence-corrected chi connectivity index (χ4v) is 3.07. The SMILES string of the molecule is CC(c1cccs1)N(C)c1ncnc2ccc(N)cc12. The summed E-state index contributed by atoms with van der Waals surface area (Å²) in [6, 6.07) is 10.2. The highest BCUT2D eigenvalue weighted by atomic mass is 32.1. The van der Waals surface area contributed by atoms with Crippen LogP contribution in [0.15, 0.2) is 42.0 Å². The van der Waals surface area contributed by atoms with E-state index in [0.29, 0.717) is 0 Å². The number of rotatable bonds is 3. The van der Waals surface area contributed by atoms with Gasteiger partial charge in [-0.2, -0.15) is 0 Å². The Morgan fingerprint density at radius 3 is 2.85 bits per heavy atom. The Labute approximate surface area is 121 Å². The molecule has 0 bridgehead atoms. The third kappa shape index (κ3) is 2.20. The van der Waals surface area contributed by atoms with Crippen LogP contribution in [-0.2, 0) is 0 Å². The molecule has 0 aliphatic heterocycles. The molecule has 0 saturated carbocycles. The van der Waals surface area contributed by atoms with Crippen molar-refractivity contribution in [2.24, 2.45) is 0 Å². The van der Waals surface area contributed by atoms with Crippen molar-refractivity contribution in [1.29, 1.82) is 0 Å². The Morgan fingerprint density at radius 2 is 2.10 bits per heavy atom. The Kier molecular flexibility index (Phi) is 3.28. The zero-order valence-corrected chi connectivity index (χ0v) is 12.3. The van der Waals surface area contributed by atoms with Crippen molar-refractivity contribution in [2.75, 3.05) is 17.7 Å². The van der Waals surface area contributed by atoms with Gasteiger partial charge in [0.25, 0.3) is 0 Å². The van der Waals surface area contributed by atoms with Gasteiger partial charge in [-0.25, -0.2) is 9.97 Å². The van der Waals surface area contributed by atoms with Gasteiger partial charge in [0.05, 0.1) is 11.6 Å². The van der Waals surface area contributed by atoms with Crippen LogP contribution < -0.4 is 10.6 Å². The number of aromatic nitrogens is 2. The number of fused-ring (bicyclic) bond motifs is 1. The van der Waals surface area contributed by atoms with E-state index >= 15 is 0 Å². The number of hydrogen-bond acceptors (Lipinski definition) is 5. The number of hydrogen-bond donors (Lipinski definition) is 1. The molecule has 2 N–H and O–H groups in total. The van der Waals surface area contributed by atoms with Crippen molar-refractivity contribution >= 4 is 33.7 Å². The minimum atomic E-state index is 0.259. The second kappa shape index (κ2) is 5.09. The molecule has 0 fully saturated rings. The van der Waals surface area contributed by atoms with E-state index < -0.39 is 0 Å². The van der Waals surface area contributed by atoms with Crippen LogP contribution in [0.5, 0.6) is 0 Å². The predicted molar refractivity (Wildman–Crippen MR) is 85.1 cm³/mol. The van der Waals surface area contributed by atoms with Crippen molar-refractivity contribution in [3.8, 4) is 0 Å². The molecule has 5 heteroatoms. The highest BCUT2D eigenvalue weighted by Crippen LogP contribution is 2.31. The number of benzene rings is 1. The summed E-state index contributed by atoms with van der Waals surface area (Å²) in [5.74, 6) is 0.906. The Bertz CT molecular complexity index is 724. The summed E-state index contributed by atoms with van der Waals surface area (Å²) in [6.07, 6.45) is 1.60. The number of nitrogens with two attached hydrogens (primary N) is 1. The molecule has 0 spiro atoms. The highest BCUT2D eigenvalue weighted by molar-refractivity contribution is 7.10. The smallest absolute Gasteiger partial charge is 0.140 e. The van der Waals surface area contributed by atoms with E-state index in [1.54, 1.807) is 17.7 Å². The number of nitrogen functional groups attached to an aromatic ring is 1. The number of nitrogens with zero attached hydrogens (tertiary/aromatic N) is 3. The molecule has 0 aliphatic rings. The van der Waals surface area contributed by atoms with Gasteiger partial charge in [-0.3, -0.25) is 0 Å². The van der Waals surface area contributed by atoms with Crippen LogP contribution in [0.25, 0.3) is 10.9 Å². The maximum atomic E-state index is 5.89. The van der Waals surface area contributed by atoms with Crippen LogP contribution in [-0.4, -0.2) is 17.0 Å². The molecule has 0 aliphatic carbocycles. The van der Waals surface area contributed by atoms with Crippen LogP contribution in [0.4, 0.5) is 11.5 Å². The molecule has 102 valence electrons. The van der Waals surface area contributed by atoms with Crippen molar-refractivity contribution in [3.05, 3.63) is 46.9 Å². The topological polar surface area (TPSA) is 55.0 Å². The fraction of sp³-hybridized carbons (Fsp3) is 0.200. The molecule has 1 unspecified atom stereocenters. The molecule has 2 heterocycles. The summed E-state index contributed by atoms with van der Waals surface area (Å²) in [5.41, 5.74) is 7.53. The molecule has 3 rings (SSSR count). The molecule has 1 atom stereocenters.